The largest absolute Gasteiger partial charge is 0.416 e. The highest BCUT2D eigenvalue weighted by molar-refractivity contribution is 5.82. The van der Waals surface area contributed by atoms with Gasteiger partial charge in [-0.1, -0.05) is 36.4 Å². The van der Waals surface area contributed by atoms with Gasteiger partial charge in [-0.2, -0.15) is 39.5 Å². The molecule has 9 nitrogen and oxygen atoms in total. The van der Waals surface area contributed by atoms with Gasteiger partial charge >= 0.3 is 18.5 Å². The first-order valence-electron chi connectivity index (χ1n) is 20.8. The molecule has 0 bridgehead atoms. The van der Waals surface area contributed by atoms with E-state index in [1.165, 1.54) is 36.4 Å². The molecule has 0 unspecified atom stereocenters. The first kappa shape index (κ1) is 46.8. The molecule has 0 atom stereocenters. The normalized spacial score (nSPS) is 17.8. The van der Waals surface area contributed by atoms with Crippen molar-refractivity contribution in [3.63, 3.8) is 0 Å². The standard InChI is InChI=1S/C44H51F9N6O3/c45-42(46,47)36-9-1-32(2-10-36)29-54-17-23-57(24-18-54)39(60)15-7-35(41(62)59-27-21-56(22-28-59)31-34-5-13-38(14-6-34)44(51,52)53)8-16-40(61)58-25-19-55(20-26-58)30-33-3-11-37(12-4-33)43(48,49)50/h1-6,9-14,35H,7-8,15-31H2. The maximum Gasteiger partial charge on any atom is 0.416 e. The fourth-order valence-electron chi connectivity index (χ4n) is 8.17. The van der Waals surface area contributed by atoms with Crippen LogP contribution in [0.25, 0.3) is 0 Å². The van der Waals surface area contributed by atoms with E-state index in [4.69, 9.17) is 0 Å². The van der Waals surface area contributed by atoms with E-state index in [2.05, 4.69) is 14.7 Å². The lowest BCUT2D eigenvalue weighted by Crippen LogP contribution is -2.50. The van der Waals surface area contributed by atoms with Crippen LogP contribution < -0.4 is 0 Å². The Morgan fingerprint density at radius 2 is 0.661 bits per heavy atom. The van der Waals surface area contributed by atoms with Crippen molar-refractivity contribution in [2.75, 3.05) is 78.5 Å². The van der Waals surface area contributed by atoms with E-state index < -0.39 is 41.1 Å². The summed E-state index contributed by atoms with van der Waals surface area (Å²) in [6, 6.07) is 15.0. The Kier molecular flexibility index (Phi) is 15.3. The molecule has 338 valence electrons. The van der Waals surface area contributed by atoms with Crippen molar-refractivity contribution in [1.82, 2.24) is 29.4 Å². The molecule has 0 aromatic heterocycles. The SMILES string of the molecule is O=C(CCC(CCC(=O)N1CCN(Cc2ccc(C(F)(F)F)cc2)CC1)C(=O)N1CCN(Cc2ccc(C(F)(F)F)cc2)CC1)N1CCN(Cc2ccc(C(F)(F)F)cc2)CC1. The molecule has 0 saturated carbocycles. The number of benzene rings is 3. The second kappa shape index (κ2) is 20.2. The molecule has 3 heterocycles. The van der Waals surface area contributed by atoms with Gasteiger partial charge in [-0.15, -0.1) is 0 Å². The van der Waals surface area contributed by atoms with Crippen molar-refractivity contribution in [1.29, 1.82) is 0 Å². The van der Waals surface area contributed by atoms with E-state index in [-0.39, 0.29) is 43.4 Å². The van der Waals surface area contributed by atoms with Crippen LogP contribution in [0, 0.1) is 5.92 Å². The topological polar surface area (TPSA) is 70.6 Å². The maximum absolute atomic E-state index is 14.1. The van der Waals surface area contributed by atoms with E-state index >= 15 is 0 Å². The zero-order valence-corrected chi connectivity index (χ0v) is 34.3. The van der Waals surface area contributed by atoms with E-state index in [0.717, 1.165) is 47.5 Å². The third kappa shape index (κ3) is 13.2. The second-order valence-electron chi connectivity index (χ2n) is 16.3. The summed E-state index contributed by atoms with van der Waals surface area (Å²) < 4.78 is 117. The second-order valence-corrected chi connectivity index (χ2v) is 16.3. The molecule has 0 radical (unpaired) electrons. The summed E-state index contributed by atoms with van der Waals surface area (Å²) >= 11 is 0. The van der Waals surface area contributed by atoms with Crippen LogP contribution in [0.15, 0.2) is 72.8 Å². The van der Waals surface area contributed by atoms with Gasteiger partial charge in [-0.05, 0) is 65.9 Å². The van der Waals surface area contributed by atoms with Crippen LogP contribution in [0.4, 0.5) is 39.5 Å². The van der Waals surface area contributed by atoms with E-state index in [1.54, 1.807) is 14.7 Å². The molecule has 62 heavy (non-hydrogen) atoms. The van der Waals surface area contributed by atoms with Crippen LogP contribution in [0.5, 0.6) is 0 Å². The van der Waals surface area contributed by atoms with Crippen LogP contribution in [0.2, 0.25) is 0 Å². The van der Waals surface area contributed by atoms with E-state index in [1.807, 2.05) is 0 Å². The molecule has 18 heteroatoms. The number of amides is 3. The van der Waals surface area contributed by atoms with Crippen molar-refractivity contribution >= 4 is 17.7 Å². The number of halogens is 9. The Morgan fingerprint density at radius 1 is 0.403 bits per heavy atom. The Bertz CT molecular complexity index is 1840. The van der Waals surface area contributed by atoms with Gasteiger partial charge in [0, 0.05) is 117 Å². The predicted molar refractivity (Wildman–Crippen MR) is 212 cm³/mol. The van der Waals surface area contributed by atoms with Crippen LogP contribution in [0.3, 0.4) is 0 Å². The molecule has 0 N–H and O–H groups in total. The van der Waals surface area contributed by atoms with Gasteiger partial charge in [0.05, 0.1) is 16.7 Å². The fraction of sp³-hybridized carbons (Fsp3) is 0.523. The van der Waals surface area contributed by atoms with E-state index in [9.17, 15) is 53.9 Å². The zero-order valence-electron chi connectivity index (χ0n) is 34.3. The van der Waals surface area contributed by atoms with Crippen molar-refractivity contribution in [3.8, 4) is 0 Å². The number of hydrogen-bond donors (Lipinski definition) is 0. The number of alkyl halides is 9. The number of rotatable bonds is 13. The van der Waals surface area contributed by atoms with Gasteiger partial charge in [-0.3, -0.25) is 29.1 Å². The summed E-state index contributed by atoms with van der Waals surface area (Å²) in [4.78, 5) is 52.4. The quantitative estimate of drug-likeness (QED) is 0.169. The van der Waals surface area contributed by atoms with Crippen LogP contribution in [-0.4, -0.2) is 126 Å². The maximum atomic E-state index is 14.1. The summed E-state index contributed by atoms with van der Waals surface area (Å²) in [5, 5.41) is 0. The van der Waals surface area contributed by atoms with Gasteiger partial charge in [0.15, 0.2) is 0 Å². The van der Waals surface area contributed by atoms with Crippen molar-refractivity contribution < 1.29 is 53.9 Å². The molecule has 0 spiro atoms. The minimum absolute atomic E-state index is 0.0833. The van der Waals surface area contributed by atoms with E-state index in [0.29, 0.717) is 104 Å². The smallest absolute Gasteiger partial charge is 0.340 e. The summed E-state index contributed by atoms with van der Waals surface area (Å²) in [5.74, 6) is -1.04. The summed E-state index contributed by atoms with van der Waals surface area (Å²) in [5.41, 5.74) is 0.0220. The zero-order chi connectivity index (χ0) is 44.7. The van der Waals surface area contributed by atoms with Crippen molar-refractivity contribution in [3.05, 3.63) is 106 Å². The van der Waals surface area contributed by atoms with Crippen molar-refractivity contribution in [2.45, 2.75) is 63.8 Å². The van der Waals surface area contributed by atoms with Gasteiger partial charge < -0.3 is 14.7 Å². The third-order valence-corrected chi connectivity index (χ3v) is 12.0. The van der Waals surface area contributed by atoms with Crippen molar-refractivity contribution in [2.24, 2.45) is 5.92 Å². The molecule has 3 amide bonds. The summed E-state index contributed by atoms with van der Waals surface area (Å²) in [6.07, 6.45) is -12.6. The van der Waals surface area contributed by atoms with Gasteiger partial charge in [-0.25, -0.2) is 0 Å². The highest BCUT2D eigenvalue weighted by Crippen LogP contribution is 2.32. The predicted octanol–water partition coefficient (Wildman–Crippen LogP) is 7.25. The first-order chi connectivity index (χ1) is 29.3. The number of carbonyl (C=O) groups is 3. The lowest BCUT2D eigenvalue weighted by molar-refractivity contribution is -0.140. The molecular weight excluding hydrogens is 832 g/mol. The minimum atomic E-state index is -4.43. The lowest BCUT2D eigenvalue weighted by atomic mass is 9.94. The fourth-order valence-corrected chi connectivity index (χ4v) is 8.17. The van der Waals surface area contributed by atoms with Crippen LogP contribution >= 0.6 is 0 Å². The minimum Gasteiger partial charge on any atom is -0.340 e. The molecule has 3 aromatic rings. The average Bonchev–Trinajstić information content (AvgIpc) is 3.24. The highest BCUT2D eigenvalue weighted by Gasteiger charge is 2.34. The van der Waals surface area contributed by atoms with Crippen LogP contribution in [-0.2, 0) is 52.5 Å². The Balaban J connectivity index is 1.00. The highest BCUT2D eigenvalue weighted by atomic mass is 19.4. The van der Waals surface area contributed by atoms with Gasteiger partial charge in [0.1, 0.15) is 0 Å². The molecule has 0 aliphatic carbocycles. The molecule has 3 aliphatic heterocycles. The summed E-state index contributed by atoms with van der Waals surface area (Å²) in [6.45, 7) is 6.81. The first-order valence-corrected chi connectivity index (χ1v) is 20.8. The average molecular weight is 883 g/mol. The molecule has 3 aliphatic rings. The number of carbonyl (C=O) groups excluding carboxylic acids is 3. The summed E-state index contributed by atoms with van der Waals surface area (Å²) in [7, 11) is 0. The number of piperazine rings is 3. The van der Waals surface area contributed by atoms with Crippen LogP contribution in [0.1, 0.15) is 59.1 Å². The lowest BCUT2D eigenvalue weighted by Gasteiger charge is -2.37. The Morgan fingerprint density at radius 3 is 0.919 bits per heavy atom. The molecule has 3 fully saturated rings. The number of hydrogen-bond acceptors (Lipinski definition) is 6. The molecule has 3 saturated heterocycles. The number of nitrogens with zero attached hydrogens (tertiary/aromatic N) is 6. The van der Waals surface area contributed by atoms with Gasteiger partial charge in [0.25, 0.3) is 0 Å². The molecule has 6 rings (SSSR count). The molecular formula is C44H51F9N6O3. The Hall–Kier alpha value is -4.68. The Labute approximate surface area is 355 Å². The third-order valence-electron chi connectivity index (χ3n) is 12.0. The van der Waals surface area contributed by atoms with Gasteiger partial charge in [0.2, 0.25) is 17.7 Å². The monoisotopic (exact) mass is 882 g/mol. The molecule has 3 aromatic carbocycles.